The fourth-order valence-corrected chi connectivity index (χ4v) is 1.66. The lowest BCUT2D eigenvalue weighted by atomic mass is 9.96. The van der Waals surface area contributed by atoms with Crippen LogP contribution in [0.3, 0.4) is 0 Å². The van der Waals surface area contributed by atoms with Crippen molar-refractivity contribution in [2.45, 2.75) is 27.3 Å². The second-order valence-electron chi connectivity index (χ2n) is 5.67. The van der Waals surface area contributed by atoms with Crippen LogP contribution in [0.25, 0.3) is 11.4 Å². The van der Waals surface area contributed by atoms with Crippen LogP contribution < -0.4 is 5.32 Å². The number of hydrogen-bond acceptors (Lipinski definition) is 4. The first-order valence-electron chi connectivity index (χ1n) is 6.45. The van der Waals surface area contributed by atoms with Crippen molar-refractivity contribution < 1.29 is 4.79 Å². The molecule has 1 amide bonds. The van der Waals surface area contributed by atoms with E-state index < -0.39 is 5.41 Å². The van der Waals surface area contributed by atoms with Crippen LogP contribution in [0.15, 0.2) is 24.7 Å². The molecule has 0 saturated carbocycles. The number of aryl methyl sites for hydroxylation is 1. The zero-order valence-corrected chi connectivity index (χ0v) is 12.2. The van der Waals surface area contributed by atoms with Crippen LogP contribution in [0.2, 0.25) is 0 Å². The Kier molecular flexibility index (Phi) is 3.83. The number of rotatable bonds is 3. The molecule has 0 saturated heterocycles. The zero-order chi connectivity index (χ0) is 14.8. The van der Waals surface area contributed by atoms with Gasteiger partial charge in [-0.3, -0.25) is 19.4 Å². The third-order valence-electron chi connectivity index (χ3n) is 2.91. The molecule has 0 fully saturated rings. The summed E-state index contributed by atoms with van der Waals surface area (Å²) in [5.41, 5.74) is 1.99. The monoisotopic (exact) mass is 273 g/mol. The van der Waals surface area contributed by atoms with Gasteiger partial charge in [0, 0.05) is 24.9 Å². The highest BCUT2D eigenvalue weighted by atomic mass is 16.2. The Morgan fingerprint density at radius 3 is 2.65 bits per heavy atom. The lowest BCUT2D eigenvalue weighted by molar-refractivity contribution is -0.128. The normalized spacial score (nSPS) is 11.4. The average Bonchev–Trinajstić information content (AvgIpc) is 2.77. The van der Waals surface area contributed by atoms with Gasteiger partial charge in [-0.05, 0) is 6.07 Å². The maximum Gasteiger partial charge on any atom is 0.225 e. The second-order valence-corrected chi connectivity index (χ2v) is 5.67. The van der Waals surface area contributed by atoms with Crippen molar-refractivity contribution in [2.75, 3.05) is 0 Å². The van der Waals surface area contributed by atoms with E-state index in [0.717, 1.165) is 17.1 Å². The molecule has 0 aliphatic heterocycles. The van der Waals surface area contributed by atoms with Gasteiger partial charge in [-0.1, -0.05) is 20.8 Å². The first kappa shape index (κ1) is 14.2. The number of nitrogens with one attached hydrogen (secondary N) is 1. The fourth-order valence-electron chi connectivity index (χ4n) is 1.66. The third kappa shape index (κ3) is 3.20. The SMILES string of the molecule is Cn1nc(-c2cnccn2)cc1CNC(=O)C(C)(C)C. The minimum atomic E-state index is -0.396. The molecule has 2 rings (SSSR count). The van der Waals surface area contributed by atoms with E-state index in [1.54, 1.807) is 23.3 Å². The molecule has 20 heavy (non-hydrogen) atoms. The molecule has 0 unspecified atom stereocenters. The van der Waals surface area contributed by atoms with E-state index >= 15 is 0 Å². The summed E-state index contributed by atoms with van der Waals surface area (Å²) in [5, 5.41) is 7.29. The van der Waals surface area contributed by atoms with Gasteiger partial charge in [0.1, 0.15) is 11.4 Å². The summed E-state index contributed by atoms with van der Waals surface area (Å²) < 4.78 is 1.74. The van der Waals surface area contributed by atoms with Crippen molar-refractivity contribution in [3.05, 3.63) is 30.4 Å². The average molecular weight is 273 g/mol. The predicted octanol–water partition coefficient (Wildman–Crippen LogP) is 1.54. The lowest BCUT2D eigenvalue weighted by Crippen LogP contribution is -2.34. The van der Waals surface area contributed by atoms with Gasteiger partial charge >= 0.3 is 0 Å². The van der Waals surface area contributed by atoms with Crippen molar-refractivity contribution in [1.82, 2.24) is 25.1 Å². The van der Waals surface area contributed by atoms with E-state index in [2.05, 4.69) is 20.4 Å². The van der Waals surface area contributed by atoms with Gasteiger partial charge in [-0.25, -0.2) is 0 Å². The number of amides is 1. The number of hydrogen-bond donors (Lipinski definition) is 1. The van der Waals surface area contributed by atoms with E-state index in [-0.39, 0.29) is 5.91 Å². The summed E-state index contributed by atoms with van der Waals surface area (Å²) in [6.07, 6.45) is 4.92. The Morgan fingerprint density at radius 2 is 2.05 bits per heavy atom. The van der Waals surface area contributed by atoms with Gasteiger partial charge < -0.3 is 5.32 Å². The quantitative estimate of drug-likeness (QED) is 0.920. The van der Waals surface area contributed by atoms with Gasteiger partial charge in [0.25, 0.3) is 0 Å². The number of aromatic nitrogens is 4. The van der Waals surface area contributed by atoms with Crippen LogP contribution in [-0.4, -0.2) is 25.7 Å². The highest BCUT2D eigenvalue weighted by Gasteiger charge is 2.21. The molecule has 2 aromatic rings. The van der Waals surface area contributed by atoms with Gasteiger partial charge in [-0.15, -0.1) is 0 Å². The van der Waals surface area contributed by atoms with Gasteiger partial charge in [0.05, 0.1) is 18.4 Å². The van der Waals surface area contributed by atoms with E-state index in [0.29, 0.717) is 6.54 Å². The predicted molar refractivity (Wildman–Crippen MR) is 75.5 cm³/mol. The molecule has 0 atom stereocenters. The van der Waals surface area contributed by atoms with Crippen molar-refractivity contribution >= 4 is 5.91 Å². The molecule has 106 valence electrons. The minimum absolute atomic E-state index is 0.0137. The van der Waals surface area contributed by atoms with Gasteiger partial charge in [0.15, 0.2) is 0 Å². The molecule has 0 spiro atoms. The molecule has 2 heterocycles. The summed E-state index contributed by atoms with van der Waals surface area (Å²) in [7, 11) is 1.85. The minimum Gasteiger partial charge on any atom is -0.350 e. The van der Waals surface area contributed by atoms with Crippen LogP contribution in [0, 0.1) is 5.41 Å². The molecule has 2 aromatic heterocycles. The molecular formula is C14H19N5O. The van der Waals surface area contributed by atoms with E-state index in [4.69, 9.17) is 0 Å². The van der Waals surface area contributed by atoms with Crippen LogP contribution in [0.1, 0.15) is 26.5 Å². The zero-order valence-electron chi connectivity index (χ0n) is 12.2. The molecule has 1 N–H and O–H groups in total. The first-order valence-corrected chi connectivity index (χ1v) is 6.45. The molecule has 6 nitrogen and oxygen atoms in total. The van der Waals surface area contributed by atoms with Crippen LogP contribution in [-0.2, 0) is 18.4 Å². The Balaban J connectivity index is 2.11. The Labute approximate surface area is 118 Å². The Bertz CT molecular complexity index is 598. The highest BCUT2D eigenvalue weighted by molar-refractivity contribution is 5.81. The molecular weight excluding hydrogens is 254 g/mol. The van der Waals surface area contributed by atoms with Crippen LogP contribution in [0.4, 0.5) is 0 Å². The van der Waals surface area contributed by atoms with Gasteiger partial charge in [0.2, 0.25) is 5.91 Å². The standard InChI is InChI=1S/C14H19N5O/c1-14(2,3)13(20)17-8-10-7-11(18-19(10)4)12-9-15-5-6-16-12/h5-7,9H,8H2,1-4H3,(H,17,20). The Hall–Kier alpha value is -2.24. The largest absolute Gasteiger partial charge is 0.350 e. The molecule has 0 radical (unpaired) electrons. The smallest absolute Gasteiger partial charge is 0.225 e. The summed E-state index contributed by atoms with van der Waals surface area (Å²) in [4.78, 5) is 20.1. The topological polar surface area (TPSA) is 72.7 Å². The van der Waals surface area contributed by atoms with E-state index in [1.807, 2.05) is 33.9 Å². The van der Waals surface area contributed by atoms with Crippen LogP contribution >= 0.6 is 0 Å². The maximum absolute atomic E-state index is 11.9. The highest BCUT2D eigenvalue weighted by Crippen LogP contribution is 2.16. The number of carbonyl (C=O) groups is 1. The summed E-state index contributed by atoms with van der Waals surface area (Å²) in [6, 6.07) is 1.91. The number of nitrogens with zero attached hydrogens (tertiary/aromatic N) is 4. The van der Waals surface area contributed by atoms with Crippen molar-refractivity contribution in [1.29, 1.82) is 0 Å². The maximum atomic E-state index is 11.9. The van der Waals surface area contributed by atoms with Gasteiger partial charge in [-0.2, -0.15) is 5.10 Å². The second kappa shape index (κ2) is 5.40. The van der Waals surface area contributed by atoms with Crippen LogP contribution in [0.5, 0.6) is 0 Å². The van der Waals surface area contributed by atoms with E-state index in [9.17, 15) is 4.79 Å². The van der Waals surface area contributed by atoms with Crippen molar-refractivity contribution in [3.8, 4) is 11.4 Å². The molecule has 0 aromatic carbocycles. The lowest BCUT2D eigenvalue weighted by Gasteiger charge is -2.17. The fraction of sp³-hybridized carbons (Fsp3) is 0.429. The Morgan fingerprint density at radius 1 is 1.30 bits per heavy atom. The summed E-state index contributed by atoms with van der Waals surface area (Å²) in [5.74, 6) is 0.0137. The molecule has 0 aliphatic carbocycles. The van der Waals surface area contributed by atoms with Crippen molar-refractivity contribution in [3.63, 3.8) is 0 Å². The summed E-state index contributed by atoms with van der Waals surface area (Å²) >= 11 is 0. The first-order chi connectivity index (χ1) is 9.38. The van der Waals surface area contributed by atoms with Crippen molar-refractivity contribution in [2.24, 2.45) is 12.5 Å². The molecule has 0 aliphatic rings. The third-order valence-corrected chi connectivity index (χ3v) is 2.91. The number of carbonyl (C=O) groups excluding carboxylic acids is 1. The van der Waals surface area contributed by atoms with E-state index in [1.165, 1.54) is 0 Å². The molecule has 6 heteroatoms. The molecule has 0 bridgehead atoms. The summed E-state index contributed by atoms with van der Waals surface area (Å²) in [6.45, 7) is 6.10.